The Morgan fingerprint density at radius 2 is 2.00 bits per heavy atom. The van der Waals surface area contributed by atoms with Crippen molar-refractivity contribution in [3.63, 3.8) is 0 Å². The lowest BCUT2D eigenvalue weighted by molar-refractivity contribution is -0.135. The van der Waals surface area contributed by atoms with Crippen LogP contribution >= 0.6 is 11.8 Å². The number of methoxy groups -OCH3 is 2. The molecule has 134 valence electrons. The minimum absolute atomic E-state index is 0.0452. The van der Waals surface area contributed by atoms with Crippen molar-refractivity contribution >= 4 is 34.5 Å². The molecule has 0 radical (unpaired) electrons. The predicted molar refractivity (Wildman–Crippen MR) is 103 cm³/mol. The van der Waals surface area contributed by atoms with E-state index in [9.17, 15) is 9.90 Å². The number of aliphatic imine (C=N–C) groups is 1. The number of aliphatic hydroxyl groups excluding tert-OH is 1. The predicted octanol–water partition coefficient (Wildman–Crippen LogP) is 3.84. The van der Waals surface area contributed by atoms with Crippen LogP contribution < -0.4 is 4.74 Å². The summed E-state index contributed by atoms with van der Waals surface area (Å²) in [6.45, 7) is 0. The van der Waals surface area contributed by atoms with Gasteiger partial charge >= 0.3 is 5.97 Å². The minimum atomic E-state index is -0.640. The second-order valence-electron chi connectivity index (χ2n) is 5.46. The van der Waals surface area contributed by atoms with Crippen LogP contribution in [0.4, 0.5) is 5.69 Å². The fourth-order valence-corrected chi connectivity index (χ4v) is 3.49. The zero-order valence-corrected chi connectivity index (χ0v) is 15.4. The molecule has 7 heteroatoms. The molecule has 3 rings (SSSR count). The molecule has 2 aromatic rings. The van der Waals surface area contributed by atoms with Crippen LogP contribution in [-0.2, 0) is 16.6 Å². The SMILES string of the molecule is COC(=O)C1=C(O)/C(=C\c2cccn2C)SC1=Nc1ccccc1OC. The molecule has 6 nitrogen and oxygen atoms in total. The second kappa shape index (κ2) is 7.53. The monoisotopic (exact) mass is 370 g/mol. The molecule has 0 atom stereocenters. The van der Waals surface area contributed by atoms with Gasteiger partial charge in [0.1, 0.15) is 27.8 Å². The lowest BCUT2D eigenvalue weighted by Gasteiger charge is -2.05. The zero-order valence-electron chi connectivity index (χ0n) is 14.6. The van der Waals surface area contributed by atoms with Gasteiger partial charge in [-0.05, 0) is 30.3 Å². The quantitative estimate of drug-likeness (QED) is 0.828. The molecule has 1 aromatic heterocycles. The number of hydrogen-bond acceptors (Lipinski definition) is 6. The topological polar surface area (TPSA) is 73.0 Å². The summed E-state index contributed by atoms with van der Waals surface area (Å²) in [6.07, 6.45) is 3.70. The number of thioether (sulfide) groups is 1. The molecule has 0 spiro atoms. The zero-order chi connectivity index (χ0) is 18.7. The summed E-state index contributed by atoms with van der Waals surface area (Å²) in [7, 11) is 4.72. The van der Waals surface area contributed by atoms with Crippen molar-refractivity contribution in [1.82, 2.24) is 4.57 Å². The molecule has 1 aliphatic heterocycles. The standard InChI is InChI=1S/C19H18N2O4S/c1-21-10-6-7-12(21)11-15-17(22)16(19(23)25-3)18(26-15)20-13-8-4-5-9-14(13)24-2/h4-11,22H,1-3H3/b15-11+,20-18?. The van der Waals surface area contributed by atoms with E-state index in [1.54, 1.807) is 25.3 Å². The van der Waals surface area contributed by atoms with Crippen molar-refractivity contribution in [1.29, 1.82) is 0 Å². The van der Waals surface area contributed by atoms with Crippen LogP contribution in [0.25, 0.3) is 6.08 Å². The first-order valence-electron chi connectivity index (χ1n) is 7.80. The van der Waals surface area contributed by atoms with Crippen molar-refractivity contribution < 1.29 is 19.4 Å². The van der Waals surface area contributed by atoms with Crippen LogP contribution in [0.3, 0.4) is 0 Å². The first-order valence-corrected chi connectivity index (χ1v) is 8.61. The van der Waals surface area contributed by atoms with Crippen LogP contribution in [0, 0.1) is 0 Å². The molecule has 1 aliphatic rings. The van der Waals surface area contributed by atoms with Crippen LogP contribution in [0.1, 0.15) is 5.69 Å². The molecule has 1 N–H and O–H groups in total. The molecule has 0 fully saturated rings. The molecule has 0 saturated carbocycles. The summed E-state index contributed by atoms with van der Waals surface area (Å²) < 4.78 is 12.0. The summed E-state index contributed by atoms with van der Waals surface area (Å²) in [5.74, 6) is -0.209. The molecular weight excluding hydrogens is 352 g/mol. The van der Waals surface area contributed by atoms with Crippen molar-refractivity contribution in [2.75, 3.05) is 14.2 Å². The average Bonchev–Trinajstić information content (AvgIpc) is 3.18. The first-order chi connectivity index (χ1) is 12.5. The first kappa shape index (κ1) is 17.9. The molecule has 0 saturated heterocycles. The highest BCUT2D eigenvalue weighted by Crippen LogP contribution is 2.41. The van der Waals surface area contributed by atoms with Gasteiger partial charge in [-0.3, -0.25) is 0 Å². The number of rotatable bonds is 4. The molecule has 0 unspecified atom stereocenters. The third kappa shape index (κ3) is 3.39. The highest BCUT2D eigenvalue weighted by molar-refractivity contribution is 8.18. The van der Waals surface area contributed by atoms with Gasteiger partial charge in [0.15, 0.2) is 0 Å². The lowest BCUT2D eigenvalue weighted by Crippen LogP contribution is -2.10. The highest BCUT2D eigenvalue weighted by Gasteiger charge is 2.33. The fraction of sp³-hybridized carbons (Fsp3) is 0.158. The van der Waals surface area contributed by atoms with E-state index in [-0.39, 0.29) is 11.3 Å². The Morgan fingerprint density at radius 3 is 2.65 bits per heavy atom. The van der Waals surface area contributed by atoms with Crippen molar-refractivity contribution in [3.05, 3.63) is 64.5 Å². The van der Waals surface area contributed by atoms with Crippen LogP contribution in [0.5, 0.6) is 5.75 Å². The second-order valence-corrected chi connectivity index (χ2v) is 6.49. The Kier molecular flexibility index (Phi) is 5.18. The van der Waals surface area contributed by atoms with E-state index in [1.165, 1.54) is 18.9 Å². The minimum Gasteiger partial charge on any atom is -0.506 e. The van der Waals surface area contributed by atoms with Crippen molar-refractivity contribution in [2.45, 2.75) is 0 Å². The fourth-order valence-electron chi connectivity index (χ4n) is 2.48. The van der Waals surface area contributed by atoms with Gasteiger partial charge in [-0.15, -0.1) is 0 Å². The van der Waals surface area contributed by atoms with Gasteiger partial charge in [0.05, 0.1) is 19.1 Å². The number of ether oxygens (including phenoxy) is 2. The van der Waals surface area contributed by atoms with E-state index in [4.69, 9.17) is 9.47 Å². The third-order valence-corrected chi connectivity index (χ3v) is 4.87. The van der Waals surface area contributed by atoms with E-state index >= 15 is 0 Å². The Hall–Kier alpha value is -2.93. The number of aliphatic hydroxyl groups is 1. The van der Waals surface area contributed by atoms with Gasteiger partial charge in [-0.2, -0.15) is 0 Å². The molecule has 26 heavy (non-hydrogen) atoms. The smallest absolute Gasteiger partial charge is 0.344 e. The Bertz CT molecular complexity index is 941. The maximum atomic E-state index is 12.2. The maximum Gasteiger partial charge on any atom is 0.344 e. The summed E-state index contributed by atoms with van der Waals surface area (Å²) in [4.78, 5) is 17.2. The number of carbonyl (C=O) groups excluding carboxylic acids is 1. The average molecular weight is 370 g/mol. The molecule has 0 bridgehead atoms. The number of carbonyl (C=O) groups is 1. The summed E-state index contributed by atoms with van der Waals surface area (Å²) in [6, 6.07) is 11.0. The molecule has 2 heterocycles. The number of aryl methyl sites for hydroxylation is 1. The Balaban J connectivity index is 2.09. The molecule has 1 aromatic carbocycles. The Morgan fingerprint density at radius 1 is 1.23 bits per heavy atom. The number of esters is 1. The summed E-state index contributed by atoms with van der Waals surface area (Å²) >= 11 is 1.21. The van der Waals surface area contributed by atoms with Crippen molar-refractivity contribution in [2.24, 2.45) is 12.0 Å². The van der Waals surface area contributed by atoms with Crippen LogP contribution in [0.15, 0.2) is 63.8 Å². The molecule has 0 amide bonds. The van der Waals surface area contributed by atoms with Gasteiger partial charge in [-0.25, -0.2) is 9.79 Å². The number of nitrogens with zero attached hydrogens (tertiary/aromatic N) is 2. The largest absolute Gasteiger partial charge is 0.506 e. The van der Waals surface area contributed by atoms with E-state index in [2.05, 4.69) is 4.99 Å². The number of hydrogen-bond donors (Lipinski definition) is 1. The van der Waals surface area contributed by atoms with E-state index in [1.807, 2.05) is 42.1 Å². The lowest BCUT2D eigenvalue weighted by atomic mass is 10.2. The Labute approximate surface area is 155 Å². The number of benzene rings is 1. The number of para-hydroxylation sites is 2. The van der Waals surface area contributed by atoms with Crippen LogP contribution in [0.2, 0.25) is 0 Å². The normalized spacial score (nSPS) is 17.2. The highest BCUT2D eigenvalue weighted by atomic mass is 32.2. The van der Waals surface area contributed by atoms with Gasteiger partial charge in [0, 0.05) is 18.9 Å². The van der Waals surface area contributed by atoms with E-state index in [0.29, 0.717) is 21.4 Å². The molecular formula is C19H18N2O4S. The number of aromatic nitrogens is 1. The van der Waals surface area contributed by atoms with Crippen molar-refractivity contribution in [3.8, 4) is 5.75 Å². The molecule has 0 aliphatic carbocycles. The van der Waals surface area contributed by atoms with Gasteiger partial charge in [0.25, 0.3) is 0 Å². The van der Waals surface area contributed by atoms with Crippen LogP contribution in [-0.4, -0.2) is 34.9 Å². The van der Waals surface area contributed by atoms with E-state index < -0.39 is 5.97 Å². The van der Waals surface area contributed by atoms with Gasteiger partial charge in [-0.1, -0.05) is 23.9 Å². The third-order valence-electron chi connectivity index (χ3n) is 3.85. The summed E-state index contributed by atoms with van der Waals surface area (Å²) in [5, 5.41) is 10.9. The summed E-state index contributed by atoms with van der Waals surface area (Å²) in [5.41, 5.74) is 1.50. The van der Waals surface area contributed by atoms with Gasteiger partial charge in [0.2, 0.25) is 0 Å². The van der Waals surface area contributed by atoms with E-state index in [0.717, 1.165) is 5.69 Å². The maximum absolute atomic E-state index is 12.2. The van der Waals surface area contributed by atoms with Gasteiger partial charge < -0.3 is 19.1 Å².